The molecule has 5 nitrogen and oxygen atoms in total. The van der Waals surface area contributed by atoms with Crippen LogP contribution in [0.1, 0.15) is 5.69 Å². The molecule has 3 aromatic rings. The number of nitrogens with zero attached hydrogens (tertiary/aromatic N) is 5. The third-order valence-electron chi connectivity index (χ3n) is 5.83. The van der Waals surface area contributed by atoms with E-state index in [1.54, 1.807) is 0 Å². The normalized spacial score (nSPS) is 18.7. The average molecular weight is 359 g/mol. The van der Waals surface area contributed by atoms with Crippen LogP contribution < -0.4 is 9.80 Å². The lowest BCUT2D eigenvalue weighted by atomic mass is 10.0. The van der Waals surface area contributed by atoms with E-state index >= 15 is 0 Å². The van der Waals surface area contributed by atoms with Crippen molar-refractivity contribution in [3.05, 3.63) is 60.4 Å². The quantitative estimate of drug-likeness (QED) is 0.718. The average Bonchev–Trinajstić information content (AvgIpc) is 2.68. The zero-order valence-electron chi connectivity index (χ0n) is 15.8. The van der Waals surface area contributed by atoms with Crippen molar-refractivity contribution < 1.29 is 0 Å². The van der Waals surface area contributed by atoms with Crippen molar-refractivity contribution in [2.24, 2.45) is 0 Å². The molecule has 27 heavy (non-hydrogen) atoms. The van der Waals surface area contributed by atoms with Gasteiger partial charge in [-0.2, -0.15) is 0 Å². The summed E-state index contributed by atoms with van der Waals surface area (Å²) in [6.07, 6.45) is 1.88. The lowest BCUT2D eigenvalue weighted by molar-refractivity contribution is 0.157. The zero-order valence-corrected chi connectivity index (χ0v) is 15.8. The fraction of sp³-hybridized carbons (Fsp3) is 0.364. The lowest BCUT2D eigenvalue weighted by Crippen LogP contribution is -2.63. The molecule has 2 fully saturated rings. The summed E-state index contributed by atoms with van der Waals surface area (Å²) in [4.78, 5) is 16.7. The Bertz CT molecular complexity index is 928. The van der Waals surface area contributed by atoms with Crippen LogP contribution in [0, 0.1) is 6.92 Å². The first-order chi connectivity index (χ1) is 13.3. The molecule has 0 saturated carbocycles. The standard InChI is InChI=1S/C22H25N5/c1-17-14-21(19-6-2-3-7-20(19)24-17)27-15-18(16-27)25-10-12-26(13-11-25)22-8-4-5-9-23-22/h2-9,14,18H,10-13,15-16H2,1H3. The van der Waals surface area contributed by atoms with Gasteiger partial charge in [0.25, 0.3) is 0 Å². The largest absolute Gasteiger partial charge is 0.368 e. The molecule has 2 aliphatic rings. The summed E-state index contributed by atoms with van der Waals surface area (Å²) in [6.45, 7) is 8.66. The minimum atomic E-state index is 0.656. The van der Waals surface area contributed by atoms with Crippen LogP contribution in [0.2, 0.25) is 0 Å². The van der Waals surface area contributed by atoms with Crippen LogP contribution in [0.5, 0.6) is 0 Å². The van der Waals surface area contributed by atoms with Gasteiger partial charge in [-0.15, -0.1) is 0 Å². The van der Waals surface area contributed by atoms with Gasteiger partial charge in [0.15, 0.2) is 0 Å². The lowest BCUT2D eigenvalue weighted by Gasteiger charge is -2.49. The molecule has 0 atom stereocenters. The van der Waals surface area contributed by atoms with E-state index in [4.69, 9.17) is 0 Å². The maximum absolute atomic E-state index is 4.67. The molecule has 0 N–H and O–H groups in total. The van der Waals surface area contributed by atoms with Gasteiger partial charge in [0.1, 0.15) is 5.82 Å². The van der Waals surface area contributed by atoms with Gasteiger partial charge in [-0.05, 0) is 31.2 Å². The Morgan fingerprint density at radius 1 is 0.889 bits per heavy atom. The maximum Gasteiger partial charge on any atom is 0.128 e. The van der Waals surface area contributed by atoms with Gasteiger partial charge in [-0.3, -0.25) is 9.88 Å². The van der Waals surface area contributed by atoms with Crippen LogP contribution in [0.3, 0.4) is 0 Å². The monoisotopic (exact) mass is 359 g/mol. The molecular formula is C22H25N5. The Kier molecular flexibility index (Phi) is 4.17. The molecule has 0 amide bonds. The number of anilines is 2. The van der Waals surface area contributed by atoms with E-state index in [0.717, 1.165) is 56.3 Å². The van der Waals surface area contributed by atoms with E-state index in [-0.39, 0.29) is 0 Å². The van der Waals surface area contributed by atoms with Gasteiger partial charge in [-0.1, -0.05) is 24.3 Å². The maximum atomic E-state index is 4.67. The number of pyridine rings is 2. The SMILES string of the molecule is Cc1cc(N2CC(N3CCN(c4ccccn4)CC3)C2)c2ccccc2n1. The minimum Gasteiger partial charge on any atom is -0.368 e. The topological polar surface area (TPSA) is 35.5 Å². The van der Waals surface area contributed by atoms with Crippen LogP contribution in [0.4, 0.5) is 11.5 Å². The second-order valence-corrected chi connectivity index (χ2v) is 7.57. The Morgan fingerprint density at radius 3 is 2.44 bits per heavy atom. The van der Waals surface area contributed by atoms with E-state index in [1.165, 1.54) is 11.1 Å². The van der Waals surface area contributed by atoms with Gasteiger partial charge in [-0.25, -0.2) is 4.98 Å². The van der Waals surface area contributed by atoms with Crippen LogP contribution in [0.25, 0.3) is 10.9 Å². The fourth-order valence-corrected chi connectivity index (χ4v) is 4.29. The molecule has 2 saturated heterocycles. The number of hydrogen-bond donors (Lipinski definition) is 0. The van der Waals surface area contributed by atoms with Gasteiger partial charge in [0.05, 0.1) is 5.52 Å². The van der Waals surface area contributed by atoms with Crippen LogP contribution in [-0.2, 0) is 0 Å². The smallest absolute Gasteiger partial charge is 0.128 e. The minimum absolute atomic E-state index is 0.656. The summed E-state index contributed by atoms with van der Waals surface area (Å²) in [5, 5.41) is 1.27. The van der Waals surface area contributed by atoms with Crippen LogP contribution in [-0.4, -0.2) is 60.2 Å². The first-order valence-corrected chi connectivity index (χ1v) is 9.79. The third-order valence-corrected chi connectivity index (χ3v) is 5.83. The van der Waals surface area contributed by atoms with Crippen molar-refractivity contribution in [2.45, 2.75) is 13.0 Å². The van der Waals surface area contributed by atoms with E-state index in [2.05, 4.69) is 74.1 Å². The molecule has 5 rings (SSSR count). The summed E-state index contributed by atoms with van der Waals surface area (Å²) >= 11 is 0. The molecule has 4 heterocycles. The van der Waals surface area contributed by atoms with Crippen molar-refractivity contribution in [3.63, 3.8) is 0 Å². The van der Waals surface area contributed by atoms with Gasteiger partial charge in [0, 0.05) is 68.3 Å². The molecule has 2 aliphatic heterocycles. The summed E-state index contributed by atoms with van der Waals surface area (Å²) in [6, 6.07) is 17.5. The number of fused-ring (bicyclic) bond motifs is 1. The first kappa shape index (κ1) is 16.5. The Morgan fingerprint density at radius 2 is 1.67 bits per heavy atom. The summed E-state index contributed by atoms with van der Waals surface area (Å²) in [7, 11) is 0. The molecule has 138 valence electrons. The van der Waals surface area contributed by atoms with Crippen molar-refractivity contribution in [2.75, 3.05) is 49.1 Å². The van der Waals surface area contributed by atoms with E-state index in [0.29, 0.717) is 6.04 Å². The third kappa shape index (κ3) is 3.12. The van der Waals surface area contributed by atoms with Crippen molar-refractivity contribution in [1.29, 1.82) is 0 Å². The molecule has 0 unspecified atom stereocenters. The highest BCUT2D eigenvalue weighted by Crippen LogP contribution is 2.31. The zero-order chi connectivity index (χ0) is 18.2. The number of piperazine rings is 1. The number of rotatable bonds is 3. The van der Waals surface area contributed by atoms with Gasteiger partial charge < -0.3 is 9.80 Å². The van der Waals surface area contributed by atoms with E-state index < -0.39 is 0 Å². The molecule has 0 radical (unpaired) electrons. The molecule has 1 aromatic carbocycles. The Labute approximate surface area is 160 Å². The van der Waals surface area contributed by atoms with Crippen molar-refractivity contribution in [1.82, 2.24) is 14.9 Å². The van der Waals surface area contributed by atoms with Crippen LogP contribution in [0.15, 0.2) is 54.7 Å². The molecule has 0 bridgehead atoms. The number of para-hydroxylation sites is 1. The molecule has 5 heteroatoms. The highest BCUT2D eigenvalue weighted by Gasteiger charge is 2.34. The summed E-state index contributed by atoms with van der Waals surface area (Å²) in [5.41, 5.74) is 3.53. The van der Waals surface area contributed by atoms with Crippen LogP contribution >= 0.6 is 0 Å². The molecule has 2 aromatic heterocycles. The number of hydrogen-bond acceptors (Lipinski definition) is 5. The number of benzene rings is 1. The van der Waals surface area contributed by atoms with E-state index in [9.17, 15) is 0 Å². The number of aryl methyl sites for hydroxylation is 1. The second kappa shape index (κ2) is 6.82. The molecule has 0 spiro atoms. The highest BCUT2D eigenvalue weighted by molar-refractivity contribution is 5.92. The Hall–Kier alpha value is -2.66. The second-order valence-electron chi connectivity index (χ2n) is 7.57. The highest BCUT2D eigenvalue weighted by atomic mass is 15.4. The molecule has 0 aliphatic carbocycles. The summed E-state index contributed by atoms with van der Waals surface area (Å²) < 4.78 is 0. The van der Waals surface area contributed by atoms with Crippen molar-refractivity contribution >= 4 is 22.4 Å². The predicted molar refractivity (Wildman–Crippen MR) is 111 cm³/mol. The van der Waals surface area contributed by atoms with Gasteiger partial charge in [0.2, 0.25) is 0 Å². The number of aromatic nitrogens is 2. The first-order valence-electron chi connectivity index (χ1n) is 9.79. The fourth-order valence-electron chi connectivity index (χ4n) is 4.29. The Balaban J connectivity index is 1.23. The van der Waals surface area contributed by atoms with Crippen molar-refractivity contribution in [3.8, 4) is 0 Å². The summed E-state index contributed by atoms with van der Waals surface area (Å²) in [5.74, 6) is 1.10. The molecular weight excluding hydrogens is 334 g/mol. The van der Waals surface area contributed by atoms with Gasteiger partial charge >= 0.3 is 0 Å². The predicted octanol–water partition coefficient (Wildman–Crippen LogP) is 2.95. The van der Waals surface area contributed by atoms with E-state index in [1.807, 2.05) is 12.3 Å².